The van der Waals surface area contributed by atoms with Crippen molar-refractivity contribution < 1.29 is 13.2 Å². The van der Waals surface area contributed by atoms with E-state index in [1.54, 1.807) is 12.1 Å². The maximum Gasteiger partial charge on any atom is 0.347 e. The van der Waals surface area contributed by atoms with Crippen LogP contribution in [0.4, 0.5) is 18.9 Å². The highest BCUT2D eigenvalue weighted by molar-refractivity contribution is 5.68. The molecule has 2 aromatic carbocycles. The summed E-state index contributed by atoms with van der Waals surface area (Å²) in [5.41, 5.74) is 6.69. The van der Waals surface area contributed by atoms with Gasteiger partial charge in [-0.15, -0.1) is 0 Å². The van der Waals surface area contributed by atoms with E-state index in [-0.39, 0.29) is 30.1 Å². The monoisotopic (exact) mass is 444 g/mol. The number of benzene rings is 2. The number of H-pyrrole nitrogens is 1. The molecule has 0 atom stereocenters. The molecule has 1 saturated heterocycles. The predicted octanol–water partition coefficient (Wildman–Crippen LogP) is 2.43. The number of rotatable bonds is 6. The zero-order chi connectivity index (χ0) is 22.7. The Morgan fingerprint density at radius 2 is 1.75 bits per heavy atom. The fraction of sp³-hybridized carbons (Fsp3) is 0.273. The Morgan fingerprint density at radius 3 is 2.38 bits per heavy atom. The van der Waals surface area contributed by atoms with Gasteiger partial charge in [0.25, 0.3) is 6.08 Å². The molecule has 0 bridgehead atoms. The van der Waals surface area contributed by atoms with Crippen molar-refractivity contribution in [2.45, 2.75) is 6.42 Å². The van der Waals surface area contributed by atoms with Gasteiger partial charge in [-0.3, -0.25) is 0 Å². The number of nitrogens with one attached hydrogen (secondary N) is 2. The topological polar surface area (TPSA) is 92.0 Å². The molecule has 0 spiro atoms. The molecule has 32 heavy (non-hydrogen) atoms. The first-order valence-electron chi connectivity index (χ1n) is 10.2. The van der Waals surface area contributed by atoms with Crippen molar-refractivity contribution in [3.63, 3.8) is 0 Å². The number of hydrogen-bond donors (Lipinski definition) is 3. The fourth-order valence-electron chi connectivity index (χ4n) is 3.77. The zero-order valence-electron chi connectivity index (χ0n) is 17.2. The summed E-state index contributed by atoms with van der Waals surface area (Å²) in [7, 11) is 0. The van der Waals surface area contributed by atoms with Crippen LogP contribution in [0.5, 0.6) is 0 Å². The summed E-state index contributed by atoms with van der Waals surface area (Å²) < 4.78 is 42.0. The number of anilines is 1. The Balaban J connectivity index is 1.61. The van der Waals surface area contributed by atoms with Gasteiger partial charge in [0.15, 0.2) is 0 Å². The van der Waals surface area contributed by atoms with Crippen LogP contribution in [0.15, 0.2) is 58.9 Å². The number of hydrogen-bond acceptors (Lipinski definition) is 5. The van der Waals surface area contributed by atoms with Gasteiger partial charge in [0.05, 0.1) is 5.69 Å². The van der Waals surface area contributed by atoms with Crippen molar-refractivity contribution in [1.82, 2.24) is 20.1 Å². The van der Waals surface area contributed by atoms with Crippen molar-refractivity contribution in [3.05, 3.63) is 76.2 Å². The van der Waals surface area contributed by atoms with E-state index in [1.165, 1.54) is 6.07 Å². The number of piperazine rings is 1. The first kappa shape index (κ1) is 21.8. The molecule has 4 N–H and O–H groups in total. The molecule has 1 aliphatic heterocycles. The van der Waals surface area contributed by atoms with Crippen LogP contribution in [0.1, 0.15) is 5.82 Å². The highest BCUT2D eigenvalue weighted by atomic mass is 19.3. The van der Waals surface area contributed by atoms with Gasteiger partial charge in [-0.2, -0.15) is 13.9 Å². The van der Waals surface area contributed by atoms with Gasteiger partial charge in [0.1, 0.15) is 11.6 Å². The molecule has 1 aliphatic rings. The highest BCUT2D eigenvalue weighted by Gasteiger charge is 2.17. The molecular weight excluding hydrogens is 421 g/mol. The summed E-state index contributed by atoms with van der Waals surface area (Å²) in [5, 5.41) is 9.33. The summed E-state index contributed by atoms with van der Waals surface area (Å²) in [4.78, 5) is 14.5. The molecule has 1 fully saturated rings. The third kappa shape index (κ3) is 4.46. The Labute approximate surface area is 182 Å². The number of halogens is 3. The molecule has 0 radical (unpaired) electrons. The predicted molar refractivity (Wildman–Crippen MR) is 117 cm³/mol. The maximum atomic E-state index is 15.0. The lowest BCUT2D eigenvalue weighted by atomic mass is 10.0. The van der Waals surface area contributed by atoms with E-state index in [4.69, 9.17) is 5.73 Å². The number of nitrogens with zero attached hydrogens (tertiary/aromatic N) is 3. The molecule has 10 heteroatoms. The molecule has 2 heterocycles. The Bertz CT molecular complexity index is 1180. The lowest BCUT2D eigenvalue weighted by Crippen LogP contribution is -2.43. The minimum absolute atomic E-state index is 0.0239. The Kier molecular flexibility index (Phi) is 6.42. The zero-order valence-corrected chi connectivity index (χ0v) is 17.2. The van der Waals surface area contributed by atoms with Crippen LogP contribution in [0.25, 0.3) is 16.8 Å². The summed E-state index contributed by atoms with van der Waals surface area (Å²) in [5.74, 6) is -0.515. The molecule has 4 rings (SSSR count). The summed E-state index contributed by atoms with van der Waals surface area (Å²) in [6, 6.07) is 11.9. The van der Waals surface area contributed by atoms with Gasteiger partial charge in [-0.05, 0) is 35.9 Å². The van der Waals surface area contributed by atoms with Gasteiger partial charge in [0.2, 0.25) is 0 Å². The molecule has 7 nitrogen and oxygen atoms in total. The van der Waals surface area contributed by atoms with Gasteiger partial charge < -0.3 is 16.0 Å². The van der Waals surface area contributed by atoms with E-state index < -0.39 is 17.6 Å². The van der Waals surface area contributed by atoms with Crippen molar-refractivity contribution >= 4 is 5.69 Å². The summed E-state index contributed by atoms with van der Waals surface area (Å²) in [6.07, 6.45) is -2.24. The number of aromatic amines is 1. The standard InChI is InChI=1S/C22H23F3N6O/c23-19-12-17(31-20(28-29-22(31)32)11-15(13-26)21(24)25)5-6-18(19)14-1-3-16(4-2-14)30-9-7-27-8-10-30/h1-6,12,27H,7-11,13,26H2,(H,29,32). The quantitative estimate of drug-likeness (QED) is 0.543. The Hall–Kier alpha value is -3.37. The minimum atomic E-state index is -1.92. The van der Waals surface area contributed by atoms with E-state index >= 15 is 0 Å². The molecular formula is C22H23F3N6O. The van der Waals surface area contributed by atoms with Crippen molar-refractivity contribution in [2.24, 2.45) is 5.73 Å². The molecule has 0 aliphatic carbocycles. The van der Waals surface area contributed by atoms with Crippen LogP contribution in [-0.2, 0) is 6.42 Å². The maximum absolute atomic E-state index is 15.0. The van der Waals surface area contributed by atoms with Gasteiger partial charge >= 0.3 is 5.69 Å². The number of nitrogens with two attached hydrogens (primary N) is 1. The van der Waals surface area contributed by atoms with Gasteiger partial charge in [0, 0.05) is 56.0 Å². The first-order valence-corrected chi connectivity index (χ1v) is 10.2. The minimum Gasteiger partial charge on any atom is -0.369 e. The van der Waals surface area contributed by atoms with Gasteiger partial charge in [-0.25, -0.2) is 18.9 Å². The van der Waals surface area contributed by atoms with Crippen molar-refractivity contribution in [1.29, 1.82) is 0 Å². The second kappa shape index (κ2) is 9.41. The second-order valence-corrected chi connectivity index (χ2v) is 7.47. The molecule has 1 aromatic heterocycles. The van der Waals surface area contributed by atoms with E-state index in [9.17, 15) is 18.0 Å². The van der Waals surface area contributed by atoms with Crippen LogP contribution in [0.3, 0.4) is 0 Å². The third-order valence-electron chi connectivity index (χ3n) is 5.50. The van der Waals surface area contributed by atoms with Gasteiger partial charge in [-0.1, -0.05) is 12.1 Å². The van der Waals surface area contributed by atoms with Crippen LogP contribution >= 0.6 is 0 Å². The van der Waals surface area contributed by atoms with Crippen molar-refractivity contribution in [3.8, 4) is 16.8 Å². The average Bonchev–Trinajstić information content (AvgIpc) is 3.17. The summed E-state index contributed by atoms with van der Waals surface area (Å²) >= 11 is 0. The lowest BCUT2D eigenvalue weighted by molar-refractivity contribution is 0.407. The normalized spacial score (nSPS) is 13.9. The van der Waals surface area contributed by atoms with Crippen LogP contribution < -0.4 is 21.6 Å². The highest BCUT2D eigenvalue weighted by Crippen LogP contribution is 2.27. The third-order valence-corrected chi connectivity index (χ3v) is 5.50. The molecule has 168 valence electrons. The van der Waals surface area contributed by atoms with E-state index in [1.807, 2.05) is 24.3 Å². The number of aromatic nitrogens is 3. The molecule has 0 amide bonds. The van der Waals surface area contributed by atoms with Crippen LogP contribution in [0, 0.1) is 5.82 Å². The van der Waals surface area contributed by atoms with E-state index in [0.717, 1.165) is 36.4 Å². The van der Waals surface area contributed by atoms with E-state index in [0.29, 0.717) is 11.1 Å². The SMILES string of the molecule is NCC(Cc1n[nH]c(=O)n1-c1ccc(-c2ccc(N3CCNCC3)cc2)c(F)c1)=C(F)F. The summed E-state index contributed by atoms with van der Waals surface area (Å²) in [6.45, 7) is 3.30. The largest absolute Gasteiger partial charge is 0.369 e. The second-order valence-electron chi connectivity index (χ2n) is 7.47. The van der Waals surface area contributed by atoms with Crippen LogP contribution in [0.2, 0.25) is 0 Å². The lowest BCUT2D eigenvalue weighted by Gasteiger charge is -2.29. The molecule has 0 saturated carbocycles. The first-order chi connectivity index (χ1) is 15.5. The molecule has 0 unspecified atom stereocenters. The fourth-order valence-corrected chi connectivity index (χ4v) is 3.77. The van der Waals surface area contributed by atoms with E-state index in [2.05, 4.69) is 20.4 Å². The smallest absolute Gasteiger partial charge is 0.347 e. The average molecular weight is 444 g/mol. The van der Waals surface area contributed by atoms with Crippen molar-refractivity contribution in [2.75, 3.05) is 37.6 Å². The molecule has 3 aromatic rings. The van der Waals surface area contributed by atoms with Crippen LogP contribution in [-0.4, -0.2) is 47.5 Å². The Morgan fingerprint density at radius 1 is 1.06 bits per heavy atom.